The smallest absolute Gasteiger partial charge is 0.208 e. The fourth-order valence-electron chi connectivity index (χ4n) is 2.80. The van der Waals surface area contributed by atoms with Gasteiger partial charge in [-0.2, -0.15) is 5.26 Å². The molecule has 1 aromatic rings. The van der Waals surface area contributed by atoms with E-state index in [1.165, 1.54) is 5.56 Å². The van der Waals surface area contributed by atoms with Gasteiger partial charge >= 0.3 is 0 Å². The number of nitriles is 1. The molecular weight excluding hydrogens is 479 g/mol. The van der Waals surface area contributed by atoms with E-state index in [1.807, 2.05) is 24.3 Å². The summed E-state index contributed by atoms with van der Waals surface area (Å²) in [6, 6.07) is 9.83. The summed E-state index contributed by atoms with van der Waals surface area (Å²) >= 11 is 0. The molecule has 150 valence electrons. The third-order valence-electron chi connectivity index (χ3n) is 4.15. The van der Waals surface area contributed by atoms with Crippen molar-refractivity contribution in [2.75, 3.05) is 52.6 Å². The Balaban J connectivity index is 0.00000364. The van der Waals surface area contributed by atoms with Crippen LogP contribution >= 0.6 is 24.0 Å². The van der Waals surface area contributed by atoms with Crippen LogP contribution in [0.2, 0.25) is 0 Å². The van der Waals surface area contributed by atoms with E-state index < -0.39 is 10.0 Å². The Bertz CT molecular complexity index is 753. The number of piperazine rings is 1. The maximum absolute atomic E-state index is 11.1. The summed E-state index contributed by atoms with van der Waals surface area (Å²) in [5.41, 5.74) is 1.88. The first-order valence-electron chi connectivity index (χ1n) is 8.53. The van der Waals surface area contributed by atoms with E-state index in [1.54, 1.807) is 7.05 Å². The van der Waals surface area contributed by atoms with Gasteiger partial charge < -0.3 is 10.2 Å². The molecule has 0 bridgehead atoms. The van der Waals surface area contributed by atoms with Crippen LogP contribution in [-0.4, -0.2) is 76.7 Å². The maximum Gasteiger partial charge on any atom is 0.208 e. The maximum atomic E-state index is 11.1. The van der Waals surface area contributed by atoms with Crippen LogP contribution in [0.15, 0.2) is 29.3 Å². The van der Waals surface area contributed by atoms with Crippen molar-refractivity contribution in [3.05, 3.63) is 35.4 Å². The molecule has 0 aliphatic carbocycles. The normalized spacial score (nSPS) is 15.7. The number of sulfonamides is 1. The third kappa shape index (κ3) is 8.42. The summed E-state index contributed by atoms with van der Waals surface area (Å²) in [5, 5.41) is 12.0. The minimum atomic E-state index is -3.16. The van der Waals surface area contributed by atoms with E-state index >= 15 is 0 Å². The number of benzene rings is 1. The summed E-state index contributed by atoms with van der Waals surface area (Å²) in [7, 11) is -1.43. The molecule has 0 saturated carbocycles. The molecule has 8 nitrogen and oxygen atoms in total. The summed E-state index contributed by atoms with van der Waals surface area (Å²) in [5.74, 6) is 0.790. The van der Waals surface area contributed by atoms with Gasteiger partial charge in [0.2, 0.25) is 10.0 Å². The molecule has 0 atom stereocenters. The van der Waals surface area contributed by atoms with Gasteiger partial charge in [-0.05, 0) is 17.7 Å². The van der Waals surface area contributed by atoms with E-state index in [9.17, 15) is 8.42 Å². The van der Waals surface area contributed by atoms with Crippen molar-refractivity contribution in [1.29, 1.82) is 5.26 Å². The molecule has 1 aliphatic rings. The molecule has 10 heteroatoms. The highest BCUT2D eigenvalue weighted by molar-refractivity contribution is 14.0. The standard InChI is InChI=1S/C17H26N6O2S.HI/c1-19-17(20-7-8-21-26(2,24)25)23-11-9-22(10-12-23)14-16-5-3-15(13-18)4-6-16;/h3-6,21H,7-12,14H2,1-2H3,(H,19,20);1H. The first-order valence-corrected chi connectivity index (χ1v) is 10.4. The fourth-order valence-corrected chi connectivity index (χ4v) is 3.28. The third-order valence-corrected chi connectivity index (χ3v) is 4.87. The van der Waals surface area contributed by atoms with E-state index in [0.717, 1.165) is 44.9 Å². The van der Waals surface area contributed by atoms with Gasteiger partial charge in [0, 0.05) is 52.9 Å². The number of hydrogen-bond donors (Lipinski definition) is 2. The van der Waals surface area contributed by atoms with Crippen LogP contribution in [0.4, 0.5) is 0 Å². The number of hydrogen-bond acceptors (Lipinski definition) is 5. The Kier molecular flexibility index (Phi) is 10.00. The van der Waals surface area contributed by atoms with Gasteiger partial charge in [-0.25, -0.2) is 13.1 Å². The van der Waals surface area contributed by atoms with Crippen LogP contribution in [0, 0.1) is 11.3 Å². The van der Waals surface area contributed by atoms with Gasteiger partial charge in [0.05, 0.1) is 17.9 Å². The zero-order valence-corrected chi connectivity index (χ0v) is 18.8. The number of nitrogens with one attached hydrogen (secondary N) is 2. The molecule has 1 saturated heterocycles. The highest BCUT2D eigenvalue weighted by atomic mass is 127. The van der Waals surface area contributed by atoms with Crippen molar-refractivity contribution < 1.29 is 8.42 Å². The molecule has 1 fully saturated rings. The molecule has 0 spiro atoms. The Morgan fingerprint density at radius 1 is 1.19 bits per heavy atom. The molecule has 0 unspecified atom stereocenters. The monoisotopic (exact) mass is 506 g/mol. The van der Waals surface area contributed by atoms with Crippen molar-refractivity contribution in [3.63, 3.8) is 0 Å². The van der Waals surface area contributed by atoms with Crippen LogP contribution < -0.4 is 10.0 Å². The molecule has 0 radical (unpaired) electrons. The van der Waals surface area contributed by atoms with Gasteiger partial charge in [0.15, 0.2) is 5.96 Å². The topological polar surface area (TPSA) is 101 Å². The zero-order valence-electron chi connectivity index (χ0n) is 15.7. The molecule has 2 N–H and O–H groups in total. The van der Waals surface area contributed by atoms with E-state index in [4.69, 9.17) is 5.26 Å². The molecule has 1 aromatic carbocycles. The predicted octanol–water partition coefficient (Wildman–Crippen LogP) is 0.418. The van der Waals surface area contributed by atoms with Crippen molar-refractivity contribution in [2.24, 2.45) is 4.99 Å². The van der Waals surface area contributed by atoms with E-state index in [0.29, 0.717) is 18.7 Å². The number of guanidine groups is 1. The van der Waals surface area contributed by atoms with E-state index in [2.05, 4.69) is 30.9 Å². The molecule has 1 aliphatic heterocycles. The minimum Gasteiger partial charge on any atom is -0.355 e. The van der Waals surface area contributed by atoms with Crippen molar-refractivity contribution in [1.82, 2.24) is 19.8 Å². The lowest BCUT2D eigenvalue weighted by Crippen LogP contribution is -2.52. The Hall–Kier alpha value is -1.42. The lowest BCUT2D eigenvalue weighted by atomic mass is 10.1. The Morgan fingerprint density at radius 3 is 2.33 bits per heavy atom. The molecule has 0 aromatic heterocycles. The lowest BCUT2D eigenvalue weighted by molar-refractivity contribution is 0.172. The van der Waals surface area contributed by atoms with E-state index in [-0.39, 0.29) is 24.0 Å². The van der Waals surface area contributed by atoms with Crippen LogP contribution in [0.3, 0.4) is 0 Å². The second-order valence-corrected chi connectivity index (χ2v) is 8.05. The highest BCUT2D eigenvalue weighted by Gasteiger charge is 2.19. The van der Waals surface area contributed by atoms with Gasteiger partial charge in [-0.1, -0.05) is 12.1 Å². The molecule has 0 amide bonds. The number of halogens is 1. The molecular formula is C17H27IN6O2S. The molecule has 1 heterocycles. The highest BCUT2D eigenvalue weighted by Crippen LogP contribution is 2.10. The summed E-state index contributed by atoms with van der Waals surface area (Å²) in [6.45, 7) is 5.24. The summed E-state index contributed by atoms with van der Waals surface area (Å²) in [6.07, 6.45) is 1.15. The van der Waals surface area contributed by atoms with Crippen molar-refractivity contribution in [2.45, 2.75) is 6.54 Å². The molecule has 2 rings (SSSR count). The quantitative estimate of drug-likeness (QED) is 0.251. The number of nitrogens with zero attached hydrogens (tertiary/aromatic N) is 4. The zero-order chi connectivity index (χ0) is 19.0. The largest absolute Gasteiger partial charge is 0.355 e. The SMILES string of the molecule is CN=C(NCCNS(C)(=O)=O)N1CCN(Cc2ccc(C#N)cc2)CC1.I. The van der Waals surface area contributed by atoms with Crippen LogP contribution in [0.1, 0.15) is 11.1 Å². The lowest BCUT2D eigenvalue weighted by Gasteiger charge is -2.36. The van der Waals surface area contributed by atoms with Gasteiger partial charge in [0.1, 0.15) is 0 Å². The Morgan fingerprint density at radius 2 is 1.81 bits per heavy atom. The van der Waals surface area contributed by atoms with Gasteiger partial charge in [0.25, 0.3) is 0 Å². The first-order chi connectivity index (χ1) is 12.4. The second kappa shape index (κ2) is 11.4. The summed E-state index contributed by atoms with van der Waals surface area (Å²) in [4.78, 5) is 8.83. The fraction of sp³-hybridized carbons (Fsp3) is 0.529. The van der Waals surface area contributed by atoms with Crippen LogP contribution in [-0.2, 0) is 16.6 Å². The van der Waals surface area contributed by atoms with Crippen molar-refractivity contribution in [3.8, 4) is 6.07 Å². The minimum absolute atomic E-state index is 0. The van der Waals surface area contributed by atoms with Crippen molar-refractivity contribution >= 4 is 40.0 Å². The second-order valence-electron chi connectivity index (χ2n) is 6.21. The van der Waals surface area contributed by atoms with Gasteiger partial charge in [-0.3, -0.25) is 9.89 Å². The van der Waals surface area contributed by atoms with Crippen LogP contribution in [0.5, 0.6) is 0 Å². The summed E-state index contributed by atoms with van der Waals surface area (Å²) < 4.78 is 24.6. The molecule has 27 heavy (non-hydrogen) atoms. The predicted molar refractivity (Wildman–Crippen MR) is 118 cm³/mol. The number of rotatable bonds is 6. The Labute approximate surface area is 178 Å². The average molecular weight is 506 g/mol. The first kappa shape index (κ1) is 23.6. The van der Waals surface area contributed by atoms with Gasteiger partial charge in [-0.15, -0.1) is 24.0 Å². The average Bonchev–Trinajstić information content (AvgIpc) is 2.62. The van der Waals surface area contributed by atoms with Crippen LogP contribution in [0.25, 0.3) is 0 Å². The number of aliphatic imine (C=N–C) groups is 1.